The van der Waals surface area contributed by atoms with Gasteiger partial charge in [0.1, 0.15) is 0 Å². The number of fused-ring (bicyclic) bond motifs is 5. The molecule has 1 radical (unpaired) electrons. The van der Waals surface area contributed by atoms with Gasteiger partial charge >= 0.3 is 0 Å². The standard InChI is InChI=1S/C20H21N2O.C17H15N2.Ir/c1-12-6-7-14-13(10-12)8-9-22-16-15(18(23)21-17(14)22)19(2,3)11-20(16,4)5;1-13-7-6-8-14(2)16(13)19-12-11-18-17(19)15-9-4-3-5-10-15;/h6,8-10H,11H2,1-5H3;3-9,11-12H,1-2H3;/q2*-1;. The Morgan fingerprint density at radius 1 is 0.884 bits per heavy atom. The first-order valence-electron chi connectivity index (χ1n) is 14.4. The van der Waals surface area contributed by atoms with E-state index in [4.69, 9.17) is 0 Å². The third-order valence-corrected chi connectivity index (χ3v) is 8.34. The molecule has 0 saturated carbocycles. The van der Waals surface area contributed by atoms with Crippen molar-refractivity contribution >= 4 is 16.4 Å². The van der Waals surface area contributed by atoms with Crippen molar-refractivity contribution in [2.75, 3.05) is 0 Å². The Hall–Kier alpha value is -3.86. The Kier molecular flexibility index (Phi) is 8.06. The van der Waals surface area contributed by atoms with Crippen LogP contribution in [-0.4, -0.2) is 18.9 Å². The molecule has 1 aliphatic carbocycles. The molecule has 0 aliphatic heterocycles. The largest absolute Gasteiger partial charge is 0.345 e. The summed E-state index contributed by atoms with van der Waals surface area (Å²) in [5.74, 6) is 0.929. The molecule has 0 spiro atoms. The summed E-state index contributed by atoms with van der Waals surface area (Å²) in [6, 6.07) is 27.0. The quantitative estimate of drug-likeness (QED) is 0.134. The van der Waals surface area contributed by atoms with Crippen molar-refractivity contribution in [2.24, 2.45) is 0 Å². The molecule has 43 heavy (non-hydrogen) atoms. The van der Waals surface area contributed by atoms with E-state index >= 15 is 0 Å². The minimum Gasteiger partial charge on any atom is -0.345 e. The maximum Gasteiger partial charge on any atom is 0.267 e. The summed E-state index contributed by atoms with van der Waals surface area (Å²) in [6.07, 6.45) is 6.85. The van der Waals surface area contributed by atoms with E-state index in [0.29, 0.717) is 0 Å². The minimum atomic E-state index is -0.143. The summed E-state index contributed by atoms with van der Waals surface area (Å²) in [5.41, 5.74) is 8.27. The van der Waals surface area contributed by atoms with Crippen LogP contribution in [0.3, 0.4) is 0 Å². The van der Waals surface area contributed by atoms with Crippen molar-refractivity contribution in [2.45, 2.75) is 65.7 Å². The third-order valence-electron chi connectivity index (χ3n) is 8.34. The van der Waals surface area contributed by atoms with Gasteiger partial charge in [0.15, 0.2) is 0 Å². The average Bonchev–Trinajstić information content (AvgIpc) is 3.49. The number of aryl methyl sites for hydroxylation is 3. The number of aromatic nitrogens is 4. The van der Waals surface area contributed by atoms with Crippen LogP contribution >= 0.6 is 0 Å². The molecule has 7 rings (SSSR count). The van der Waals surface area contributed by atoms with Gasteiger partial charge in [-0.2, -0.15) is 0 Å². The Bertz CT molecular complexity index is 2000. The molecule has 0 fully saturated rings. The van der Waals surface area contributed by atoms with Crippen molar-refractivity contribution in [3.63, 3.8) is 0 Å². The molecule has 6 heteroatoms. The van der Waals surface area contributed by atoms with E-state index in [0.717, 1.165) is 51.0 Å². The third kappa shape index (κ3) is 5.39. The van der Waals surface area contributed by atoms with E-state index in [9.17, 15) is 4.79 Å². The van der Waals surface area contributed by atoms with Crippen LogP contribution in [0.15, 0.2) is 84.0 Å². The first-order chi connectivity index (χ1) is 20.0. The first kappa shape index (κ1) is 30.6. The molecule has 1 aliphatic rings. The van der Waals surface area contributed by atoms with Gasteiger partial charge in [-0.1, -0.05) is 58.9 Å². The first-order valence-corrected chi connectivity index (χ1v) is 14.4. The Morgan fingerprint density at radius 2 is 1.63 bits per heavy atom. The van der Waals surface area contributed by atoms with Crippen LogP contribution in [0.5, 0.6) is 0 Å². The van der Waals surface area contributed by atoms with E-state index in [1.807, 2.05) is 49.6 Å². The van der Waals surface area contributed by atoms with Gasteiger partial charge in [-0.25, -0.2) is 4.98 Å². The van der Waals surface area contributed by atoms with Crippen LogP contribution in [-0.2, 0) is 30.9 Å². The van der Waals surface area contributed by atoms with Crippen molar-refractivity contribution in [3.8, 4) is 17.1 Å². The fraction of sp³-hybridized carbons (Fsp3) is 0.270. The summed E-state index contributed by atoms with van der Waals surface area (Å²) in [4.78, 5) is 21.7. The van der Waals surface area contributed by atoms with Crippen LogP contribution < -0.4 is 5.56 Å². The van der Waals surface area contributed by atoms with Gasteiger partial charge in [0.2, 0.25) is 0 Å². The molecule has 221 valence electrons. The fourth-order valence-corrected chi connectivity index (χ4v) is 6.92. The Balaban J connectivity index is 0.000000170. The Morgan fingerprint density at radius 3 is 2.33 bits per heavy atom. The number of imidazole rings is 1. The zero-order valence-electron chi connectivity index (χ0n) is 25.7. The molecule has 5 nitrogen and oxygen atoms in total. The molecular formula is C37H36IrN4O-2. The van der Waals surface area contributed by atoms with Crippen LogP contribution in [0, 0.1) is 32.9 Å². The zero-order valence-corrected chi connectivity index (χ0v) is 28.1. The van der Waals surface area contributed by atoms with Crippen molar-refractivity contribution in [1.82, 2.24) is 18.9 Å². The van der Waals surface area contributed by atoms with E-state index in [1.54, 1.807) is 0 Å². The molecular weight excluding hydrogens is 709 g/mol. The summed E-state index contributed by atoms with van der Waals surface area (Å²) < 4.78 is 4.25. The van der Waals surface area contributed by atoms with Gasteiger partial charge in [-0.05, 0) is 43.0 Å². The summed E-state index contributed by atoms with van der Waals surface area (Å²) >= 11 is 0. The number of rotatable bonds is 2. The van der Waals surface area contributed by atoms with E-state index in [1.165, 1.54) is 16.8 Å². The molecule has 0 atom stereocenters. The zero-order chi connectivity index (χ0) is 29.8. The average molecular weight is 745 g/mol. The molecule has 3 heterocycles. The van der Waals surface area contributed by atoms with Gasteiger partial charge in [0, 0.05) is 54.9 Å². The maximum absolute atomic E-state index is 12.8. The van der Waals surface area contributed by atoms with Gasteiger partial charge in [-0.3, -0.25) is 9.78 Å². The van der Waals surface area contributed by atoms with Gasteiger partial charge in [-0.15, -0.1) is 70.4 Å². The van der Waals surface area contributed by atoms with Crippen molar-refractivity contribution in [1.29, 1.82) is 0 Å². The fourth-order valence-electron chi connectivity index (χ4n) is 6.92. The van der Waals surface area contributed by atoms with Crippen LogP contribution in [0.1, 0.15) is 62.1 Å². The molecule has 0 unspecified atom stereocenters. The number of benzene rings is 3. The molecule has 0 bridgehead atoms. The maximum atomic E-state index is 12.8. The molecule has 0 amide bonds. The normalized spacial score (nSPS) is 14.6. The van der Waals surface area contributed by atoms with Gasteiger partial charge in [0.05, 0.1) is 11.5 Å². The SMILES string of the molecule is Cc1c[c-]c2c(ccn3c4c(c(=O)nc23)C(C)(C)CC4(C)C)c1.Cc1cccc(C)c1-n1ccnc1-c1[c-]cccc1.[Ir]. The van der Waals surface area contributed by atoms with Gasteiger partial charge < -0.3 is 8.97 Å². The van der Waals surface area contributed by atoms with Crippen molar-refractivity contribution in [3.05, 3.63) is 130 Å². The topological polar surface area (TPSA) is 52.2 Å². The summed E-state index contributed by atoms with van der Waals surface area (Å²) in [6.45, 7) is 15.0. The number of pyridine rings is 1. The molecule has 3 aromatic heterocycles. The van der Waals surface area contributed by atoms with Crippen molar-refractivity contribution < 1.29 is 20.1 Å². The second-order valence-electron chi connectivity index (χ2n) is 12.7. The van der Waals surface area contributed by atoms with E-state index in [2.05, 4.69) is 109 Å². The number of hydrogen-bond acceptors (Lipinski definition) is 3. The molecule has 3 aromatic carbocycles. The van der Waals surface area contributed by atoms with Crippen LogP contribution in [0.25, 0.3) is 33.5 Å². The van der Waals surface area contributed by atoms with E-state index in [-0.39, 0.29) is 36.5 Å². The smallest absolute Gasteiger partial charge is 0.267 e. The Labute approximate surface area is 267 Å². The molecule has 0 N–H and O–H groups in total. The number of para-hydroxylation sites is 1. The predicted octanol–water partition coefficient (Wildman–Crippen LogP) is 7.87. The monoisotopic (exact) mass is 745 g/mol. The molecule has 6 aromatic rings. The van der Waals surface area contributed by atoms with Gasteiger partial charge in [0.25, 0.3) is 5.56 Å². The second-order valence-corrected chi connectivity index (χ2v) is 12.7. The number of nitrogens with zero attached hydrogens (tertiary/aromatic N) is 4. The summed E-state index contributed by atoms with van der Waals surface area (Å²) in [7, 11) is 0. The predicted molar refractivity (Wildman–Crippen MR) is 171 cm³/mol. The minimum absolute atomic E-state index is 0. The molecule has 0 saturated heterocycles. The second kappa shape index (κ2) is 11.3. The number of hydrogen-bond donors (Lipinski definition) is 0. The summed E-state index contributed by atoms with van der Waals surface area (Å²) in [5, 5.41) is 1.99. The van der Waals surface area contributed by atoms with Crippen LogP contribution in [0.2, 0.25) is 0 Å². The van der Waals surface area contributed by atoms with Crippen LogP contribution in [0.4, 0.5) is 0 Å². The van der Waals surface area contributed by atoms with E-state index < -0.39 is 0 Å².